The van der Waals surface area contributed by atoms with Gasteiger partial charge in [0.05, 0.1) is 6.04 Å². The molecule has 1 aliphatic rings. The van der Waals surface area contributed by atoms with Gasteiger partial charge in [0.25, 0.3) is 0 Å². The van der Waals surface area contributed by atoms with Gasteiger partial charge in [-0.1, -0.05) is 13.3 Å². The van der Waals surface area contributed by atoms with Gasteiger partial charge in [-0.05, 0) is 63.0 Å². The predicted molar refractivity (Wildman–Crippen MR) is 93.2 cm³/mol. The maximum Gasteiger partial charge on any atom is 0.573 e. The summed E-state index contributed by atoms with van der Waals surface area (Å²) in [6.07, 6.45) is -0.839. The zero-order valence-corrected chi connectivity index (χ0v) is 15.2. The van der Waals surface area contributed by atoms with Gasteiger partial charge in [-0.3, -0.25) is 9.69 Å². The minimum Gasteiger partial charge on any atom is -0.406 e. The van der Waals surface area contributed by atoms with Crippen molar-refractivity contribution in [3.05, 3.63) is 23.8 Å². The van der Waals surface area contributed by atoms with Crippen LogP contribution in [0.25, 0.3) is 0 Å². The Bertz CT molecular complexity index is 580. The molecule has 142 valence electrons. The summed E-state index contributed by atoms with van der Waals surface area (Å²) in [6, 6.07) is 3.75. The van der Waals surface area contributed by atoms with E-state index < -0.39 is 6.36 Å². The predicted octanol–water partition coefficient (Wildman–Crippen LogP) is 4.52. The van der Waals surface area contributed by atoms with E-state index in [1.165, 1.54) is 18.2 Å². The number of halogens is 4. The lowest BCUT2D eigenvalue weighted by atomic mass is 10.0. The fourth-order valence-corrected chi connectivity index (χ4v) is 3.03. The highest BCUT2D eigenvalue weighted by Crippen LogP contribution is 2.27. The maximum absolute atomic E-state index is 12.6. The van der Waals surface area contributed by atoms with Gasteiger partial charge in [-0.15, -0.1) is 25.6 Å². The Morgan fingerprint density at radius 1 is 1.36 bits per heavy atom. The number of carbonyl (C=O) groups is 1. The molecule has 1 amide bonds. The molecule has 0 radical (unpaired) electrons. The Morgan fingerprint density at radius 3 is 2.68 bits per heavy atom. The third-order valence-electron chi connectivity index (χ3n) is 4.12. The number of piperidine rings is 1. The number of benzene rings is 1. The molecular weight excluding hydrogens is 357 g/mol. The summed E-state index contributed by atoms with van der Waals surface area (Å²) < 4.78 is 40.6. The lowest BCUT2D eigenvalue weighted by Gasteiger charge is -2.34. The number of likely N-dealkylation sites (tertiary alicyclic amines) is 1. The molecule has 0 aromatic heterocycles. The zero-order chi connectivity index (χ0) is 17.7. The van der Waals surface area contributed by atoms with Gasteiger partial charge in [0, 0.05) is 5.69 Å². The molecule has 1 aliphatic heterocycles. The van der Waals surface area contributed by atoms with Crippen LogP contribution in [0.5, 0.6) is 5.75 Å². The first-order chi connectivity index (χ1) is 11.3. The maximum atomic E-state index is 12.6. The van der Waals surface area contributed by atoms with Gasteiger partial charge in [0.15, 0.2) is 0 Å². The lowest BCUT2D eigenvalue weighted by molar-refractivity contribution is -0.274. The first kappa shape index (κ1) is 21.6. The van der Waals surface area contributed by atoms with Crippen molar-refractivity contribution in [2.75, 3.05) is 18.4 Å². The number of hydrogen-bond acceptors (Lipinski definition) is 3. The first-order valence-corrected chi connectivity index (χ1v) is 8.21. The molecule has 1 N–H and O–H groups in total. The quantitative estimate of drug-likeness (QED) is 0.816. The fourth-order valence-electron chi connectivity index (χ4n) is 3.03. The van der Waals surface area contributed by atoms with Gasteiger partial charge in [-0.2, -0.15) is 0 Å². The summed E-state index contributed by atoms with van der Waals surface area (Å²) in [5.41, 5.74) is 1.04. The van der Waals surface area contributed by atoms with E-state index in [-0.39, 0.29) is 30.1 Å². The van der Waals surface area contributed by atoms with Gasteiger partial charge in [0.2, 0.25) is 5.91 Å². The van der Waals surface area contributed by atoms with Crippen molar-refractivity contribution in [1.82, 2.24) is 4.90 Å². The summed E-state index contributed by atoms with van der Waals surface area (Å²) >= 11 is 0. The van der Waals surface area contributed by atoms with Crippen molar-refractivity contribution in [2.45, 2.75) is 51.9 Å². The molecule has 1 heterocycles. The summed E-state index contributed by atoms with van der Waals surface area (Å²) in [5, 5.41) is 2.84. The molecule has 4 nitrogen and oxygen atoms in total. The van der Waals surface area contributed by atoms with Crippen LogP contribution in [-0.4, -0.2) is 36.3 Å². The Balaban J connectivity index is 0.00000312. The van der Waals surface area contributed by atoms with Crippen molar-refractivity contribution in [3.8, 4) is 5.75 Å². The number of ether oxygens (including phenoxy) is 1. The van der Waals surface area contributed by atoms with E-state index in [1.54, 1.807) is 6.92 Å². The Kier molecular flexibility index (Phi) is 8.02. The summed E-state index contributed by atoms with van der Waals surface area (Å²) in [5.74, 6) is -0.390. The molecule has 8 heteroatoms. The smallest absolute Gasteiger partial charge is 0.406 e. The van der Waals surface area contributed by atoms with Gasteiger partial charge in [-0.25, -0.2) is 0 Å². The lowest BCUT2D eigenvalue weighted by Crippen LogP contribution is -2.47. The molecule has 1 aromatic carbocycles. The molecule has 1 saturated heterocycles. The molecule has 0 bridgehead atoms. The second-order valence-corrected chi connectivity index (χ2v) is 6.06. The molecule has 1 atom stereocenters. The molecule has 0 aliphatic carbocycles. The summed E-state index contributed by atoms with van der Waals surface area (Å²) in [6.45, 7) is 5.50. The number of nitrogens with one attached hydrogen (secondary N) is 1. The van der Waals surface area contributed by atoms with Crippen molar-refractivity contribution in [1.29, 1.82) is 0 Å². The van der Waals surface area contributed by atoms with Crippen LogP contribution in [-0.2, 0) is 4.79 Å². The highest BCUT2D eigenvalue weighted by Gasteiger charge is 2.31. The highest BCUT2D eigenvalue weighted by molar-refractivity contribution is 5.95. The van der Waals surface area contributed by atoms with Crippen LogP contribution in [0.3, 0.4) is 0 Å². The molecular formula is C17H24ClF3N2O2. The normalized spacial score (nSPS) is 18.4. The number of carbonyl (C=O) groups excluding carboxylic acids is 1. The number of nitrogens with zero attached hydrogens (tertiary/aromatic N) is 1. The van der Waals surface area contributed by atoms with Crippen molar-refractivity contribution >= 4 is 24.0 Å². The average molecular weight is 381 g/mol. The molecule has 0 spiro atoms. The molecule has 0 saturated carbocycles. The van der Waals surface area contributed by atoms with Crippen LogP contribution in [0.1, 0.15) is 38.2 Å². The Hall–Kier alpha value is -1.47. The average Bonchev–Trinajstić information content (AvgIpc) is 2.49. The van der Waals surface area contributed by atoms with Crippen LogP contribution in [0.15, 0.2) is 18.2 Å². The number of alkyl halides is 3. The third kappa shape index (κ3) is 6.40. The van der Waals surface area contributed by atoms with Gasteiger partial charge >= 0.3 is 6.36 Å². The van der Waals surface area contributed by atoms with Crippen molar-refractivity contribution in [3.63, 3.8) is 0 Å². The number of anilines is 1. The number of amides is 1. The van der Waals surface area contributed by atoms with E-state index in [4.69, 9.17) is 0 Å². The minimum atomic E-state index is -4.72. The molecule has 1 fully saturated rings. The molecule has 25 heavy (non-hydrogen) atoms. The van der Waals surface area contributed by atoms with Gasteiger partial charge < -0.3 is 10.1 Å². The Morgan fingerprint density at radius 2 is 2.08 bits per heavy atom. The zero-order valence-electron chi connectivity index (χ0n) is 14.4. The number of rotatable bonds is 5. The van der Waals surface area contributed by atoms with Crippen molar-refractivity contribution in [2.24, 2.45) is 0 Å². The van der Waals surface area contributed by atoms with E-state index in [0.717, 1.165) is 38.8 Å². The topological polar surface area (TPSA) is 41.6 Å². The van der Waals surface area contributed by atoms with Crippen LogP contribution >= 0.6 is 12.4 Å². The van der Waals surface area contributed by atoms with Gasteiger partial charge in [0.1, 0.15) is 5.75 Å². The number of aryl methyl sites for hydroxylation is 1. The van der Waals surface area contributed by atoms with Crippen LogP contribution < -0.4 is 10.1 Å². The standard InChI is InChI=1S/C17H23F3N2O2.ClH/c1-3-9-22-10-5-4-6-15(22)16(23)21-14-8-7-13(11-12(14)2)24-17(18,19)20;/h7-8,11,15H,3-6,9-10H2,1-2H3,(H,21,23);1H/t15-;/m0./s1. The van der Waals surface area contributed by atoms with Crippen molar-refractivity contribution < 1.29 is 22.7 Å². The highest BCUT2D eigenvalue weighted by atomic mass is 35.5. The van der Waals surface area contributed by atoms with E-state index in [9.17, 15) is 18.0 Å². The minimum absolute atomic E-state index is 0. The summed E-state index contributed by atoms with van der Waals surface area (Å²) in [7, 11) is 0. The second kappa shape index (κ2) is 9.29. The van der Waals surface area contributed by atoms with E-state index in [1.807, 2.05) is 0 Å². The summed E-state index contributed by atoms with van der Waals surface area (Å²) in [4.78, 5) is 14.7. The van der Waals surface area contributed by atoms with E-state index in [2.05, 4.69) is 21.9 Å². The van der Waals surface area contributed by atoms with E-state index >= 15 is 0 Å². The third-order valence-corrected chi connectivity index (χ3v) is 4.12. The van der Waals surface area contributed by atoms with E-state index in [0.29, 0.717) is 11.3 Å². The van der Waals surface area contributed by atoms with Crippen LogP contribution in [0.2, 0.25) is 0 Å². The molecule has 1 aromatic rings. The molecule has 2 rings (SSSR count). The largest absolute Gasteiger partial charge is 0.573 e. The first-order valence-electron chi connectivity index (χ1n) is 8.21. The van der Waals surface area contributed by atoms with Crippen LogP contribution in [0.4, 0.5) is 18.9 Å². The number of hydrogen-bond donors (Lipinski definition) is 1. The Labute approximate surface area is 152 Å². The monoisotopic (exact) mass is 380 g/mol. The second-order valence-electron chi connectivity index (χ2n) is 6.06. The molecule has 0 unspecified atom stereocenters. The van der Waals surface area contributed by atoms with Crippen LogP contribution in [0, 0.1) is 6.92 Å². The SMILES string of the molecule is CCCN1CCCC[C@H]1C(=O)Nc1ccc(OC(F)(F)F)cc1C.Cl. The fraction of sp³-hybridized carbons (Fsp3) is 0.588.